The number of halogens is 1. The quantitative estimate of drug-likeness (QED) is 0.924. The molecule has 1 atom stereocenters. The first kappa shape index (κ1) is 16.0. The van der Waals surface area contributed by atoms with Crippen LogP contribution < -0.4 is 9.64 Å². The van der Waals surface area contributed by atoms with Gasteiger partial charge in [0.25, 0.3) is 5.91 Å². The number of aliphatic hydroxyl groups excluding tert-OH is 1. The van der Waals surface area contributed by atoms with E-state index in [0.717, 1.165) is 0 Å². The molecule has 0 bridgehead atoms. The molecule has 0 aliphatic carbocycles. The van der Waals surface area contributed by atoms with Gasteiger partial charge in [0.1, 0.15) is 11.6 Å². The van der Waals surface area contributed by atoms with Gasteiger partial charge in [-0.05, 0) is 42.8 Å². The first-order valence-electron chi connectivity index (χ1n) is 6.95. The van der Waals surface area contributed by atoms with E-state index in [9.17, 15) is 14.3 Å². The van der Waals surface area contributed by atoms with Crippen LogP contribution in [0.5, 0.6) is 5.75 Å². The van der Waals surface area contributed by atoms with Crippen molar-refractivity contribution in [2.24, 2.45) is 0 Å². The second-order valence-corrected chi connectivity index (χ2v) is 4.74. The number of hydrogen-bond acceptors (Lipinski definition) is 3. The molecule has 0 saturated carbocycles. The first-order chi connectivity index (χ1) is 10.6. The lowest BCUT2D eigenvalue weighted by atomic mass is 10.1. The summed E-state index contributed by atoms with van der Waals surface area (Å²) in [6.07, 6.45) is -1.33. The topological polar surface area (TPSA) is 49.8 Å². The number of nitrogens with zero attached hydrogens (tertiary/aromatic N) is 1. The fourth-order valence-corrected chi connectivity index (χ4v) is 2.21. The minimum Gasteiger partial charge on any atom is -0.497 e. The summed E-state index contributed by atoms with van der Waals surface area (Å²) < 4.78 is 18.4. The lowest BCUT2D eigenvalue weighted by Crippen LogP contribution is -2.35. The van der Waals surface area contributed by atoms with Crippen LogP contribution in [0.1, 0.15) is 18.6 Å². The van der Waals surface area contributed by atoms with Crippen molar-refractivity contribution in [1.29, 1.82) is 0 Å². The second-order valence-electron chi connectivity index (χ2n) is 4.74. The van der Waals surface area contributed by atoms with Gasteiger partial charge in [-0.15, -0.1) is 0 Å². The van der Waals surface area contributed by atoms with Gasteiger partial charge >= 0.3 is 0 Å². The van der Waals surface area contributed by atoms with Crippen LogP contribution in [0.2, 0.25) is 0 Å². The van der Waals surface area contributed by atoms with E-state index >= 15 is 0 Å². The Morgan fingerprint density at radius 2 is 2.00 bits per heavy atom. The number of rotatable bonds is 5. The normalized spacial score (nSPS) is 11.8. The number of carbonyl (C=O) groups is 1. The molecule has 22 heavy (non-hydrogen) atoms. The Balaban J connectivity index is 2.27. The number of amides is 1. The van der Waals surface area contributed by atoms with Gasteiger partial charge in [0, 0.05) is 12.2 Å². The minimum atomic E-state index is -1.33. The molecule has 0 aliphatic heterocycles. The highest BCUT2D eigenvalue weighted by Crippen LogP contribution is 2.24. The van der Waals surface area contributed by atoms with Crippen molar-refractivity contribution in [2.45, 2.75) is 13.0 Å². The van der Waals surface area contributed by atoms with Crippen LogP contribution in [0.3, 0.4) is 0 Å². The van der Waals surface area contributed by atoms with Crippen LogP contribution in [0.25, 0.3) is 0 Å². The molecule has 1 amide bonds. The first-order valence-corrected chi connectivity index (χ1v) is 6.95. The molecule has 0 fully saturated rings. The average molecular weight is 303 g/mol. The summed E-state index contributed by atoms with van der Waals surface area (Å²) in [5.74, 6) is -0.390. The maximum absolute atomic E-state index is 13.3. The van der Waals surface area contributed by atoms with Crippen LogP contribution in [0, 0.1) is 5.82 Å². The van der Waals surface area contributed by atoms with Crippen molar-refractivity contribution in [3.8, 4) is 5.75 Å². The number of benzene rings is 2. The molecule has 0 spiro atoms. The summed E-state index contributed by atoms with van der Waals surface area (Å²) in [6.45, 7) is 2.09. The van der Waals surface area contributed by atoms with Crippen LogP contribution in [-0.4, -0.2) is 24.7 Å². The van der Waals surface area contributed by atoms with Gasteiger partial charge in [0.2, 0.25) is 0 Å². The van der Waals surface area contributed by atoms with E-state index in [1.54, 1.807) is 37.3 Å². The molecule has 2 rings (SSSR count). The number of methoxy groups -OCH3 is 1. The summed E-state index contributed by atoms with van der Waals surface area (Å²) >= 11 is 0. The van der Waals surface area contributed by atoms with Crippen LogP contribution in [0.4, 0.5) is 10.1 Å². The molecule has 1 N–H and O–H groups in total. The zero-order chi connectivity index (χ0) is 16.1. The molecule has 2 aromatic carbocycles. The Labute approximate surface area is 128 Å². The molecule has 0 aromatic heterocycles. The van der Waals surface area contributed by atoms with E-state index in [1.807, 2.05) is 0 Å². The van der Waals surface area contributed by atoms with Crippen molar-refractivity contribution in [3.05, 3.63) is 59.9 Å². The number of ether oxygens (including phenoxy) is 1. The largest absolute Gasteiger partial charge is 0.497 e. The number of likely N-dealkylation sites (N-methyl/N-ethyl adjacent to an activating group) is 1. The summed E-state index contributed by atoms with van der Waals surface area (Å²) in [5, 5.41) is 10.3. The number of aliphatic hydroxyl groups is 1. The second kappa shape index (κ2) is 7.04. The molecule has 0 aliphatic rings. The molecule has 116 valence electrons. The van der Waals surface area contributed by atoms with Gasteiger partial charge in [-0.25, -0.2) is 4.39 Å². The molecule has 0 heterocycles. The monoisotopic (exact) mass is 303 g/mol. The number of carbonyl (C=O) groups excluding carboxylic acids is 1. The predicted molar refractivity (Wildman–Crippen MR) is 82.4 cm³/mol. The molecular formula is C17H18FNO3. The molecule has 0 saturated heterocycles. The lowest BCUT2D eigenvalue weighted by Gasteiger charge is -2.24. The van der Waals surface area contributed by atoms with Crippen molar-refractivity contribution in [3.63, 3.8) is 0 Å². The highest BCUT2D eigenvalue weighted by molar-refractivity contribution is 5.97. The molecule has 5 heteroatoms. The summed E-state index contributed by atoms with van der Waals surface area (Å²) in [7, 11) is 1.51. The van der Waals surface area contributed by atoms with E-state index in [1.165, 1.54) is 30.2 Å². The summed E-state index contributed by atoms with van der Waals surface area (Å²) in [5.41, 5.74) is 0.841. The molecule has 4 nitrogen and oxygen atoms in total. The van der Waals surface area contributed by atoms with E-state index in [4.69, 9.17) is 4.74 Å². The van der Waals surface area contributed by atoms with Gasteiger partial charge in [-0.3, -0.25) is 4.79 Å². The Morgan fingerprint density at radius 1 is 1.27 bits per heavy atom. The van der Waals surface area contributed by atoms with Crippen molar-refractivity contribution in [1.82, 2.24) is 0 Å². The number of hydrogen-bond donors (Lipinski definition) is 1. The third-order valence-corrected chi connectivity index (χ3v) is 3.35. The van der Waals surface area contributed by atoms with Gasteiger partial charge in [-0.1, -0.05) is 18.2 Å². The highest BCUT2D eigenvalue weighted by Gasteiger charge is 2.24. The summed E-state index contributed by atoms with van der Waals surface area (Å²) in [6, 6.07) is 12.4. The van der Waals surface area contributed by atoms with Crippen LogP contribution >= 0.6 is 0 Å². The third kappa shape index (κ3) is 3.43. The third-order valence-electron chi connectivity index (χ3n) is 3.35. The number of anilines is 1. The predicted octanol–water partition coefficient (Wildman–Crippen LogP) is 2.92. The Bertz CT molecular complexity index is 660. The molecule has 1 unspecified atom stereocenters. The van der Waals surface area contributed by atoms with Crippen molar-refractivity contribution < 1.29 is 19.0 Å². The van der Waals surface area contributed by atoms with Gasteiger partial charge in [0.05, 0.1) is 7.11 Å². The molecule has 2 aromatic rings. The highest BCUT2D eigenvalue weighted by atomic mass is 19.1. The van der Waals surface area contributed by atoms with E-state index < -0.39 is 17.8 Å². The maximum Gasteiger partial charge on any atom is 0.260 e. The standard InChI is InChI=1S/C17H18FNO3/c1-3-19(14-8-5-7-13(18)11-14)17(21)16(20)12-6-4-9-15(10-12)22-2/h4-11,16,20H,3H2,1-2H3. The van der Waals surface area contributed by atoms with Gasteiger partial charge < -0.3 is 14.7 Å². The zero-order valence-corrected chi connectivity index (χ0v) is 12.5. The lowest BCUT2D eigenvalue weighted by molar-refractivity contribution is -0.126. The van der Waals surface area contributed by atoms with Crippen molar-refractivity contribution >= 4 is 11.6 Å². The molecular weight excluding hydrogens is 285 g/mol. The van der Waals surface area contributed by atoms with E-state index in [2.05, 4.69) is 0 Å². The fourth-order valence-electron chi connectivity index (χ4n) is 2.21. The van der Waals surface area contributed by atoms with E-state index in [0.29, 0.717) is 23.5 Å². The maximum atomic E-state index is 13.3. The SMILES string of the molecule is CCN(C(=O)C(O)c1cccc(OC)c1)c1cccc(F)c1. The minimum absolute atomic E-state index is 0.323. The Morgan fingerprint density at radius 3 is 2.64 bits per heavy atom. The molecule has 0 radical (unpaired) electrons. The smallest absolute Gasteiger partial charge is 0.260 e. The van der Waals surface area contributed by atoms with E-state index in [-0.39, 0.29) is 0 Å². The van der Waals surface area contributed by atoms with Crippen LogP contribution in [0.15, 0.2) is 48.5 Å². The summed E-state index contributed by atoms with van der Waals surface area (Å²) in [4.78, 5) is 13.8. The average Bonchev–Trinajstić information content (AvgIpc) is 2.55. The van der Waals surface area contributed by atoms with Gasteiger partial charge in [-0.2, -0.15) is 0 Å². The van der Waals surface area contributed by atoms with Crippen molar-refractivity contribution in [2.75, 3.05) is 18.6 Å². The fraction of sp³-hybridized carbons (Fsp3) is 0.235. The van der Waals surface area contributed by atoms with Crippen LogP contribution in [-0.2, 0) is 4.79 Å². The zero-order valence-electron chi connectivity index (χ0n) is 12.5. The van der Waals surface area contributed by atoms with Gasteiger partial charge in [0.15, 0.2) is 6.10 Å². The Kier molecular flexibility index (Phi) is 5.12. The Hall–Kier alpha value is -2.40.